The van der Waals surface area contributed by atoms with Gasteiger partial charge in [0.2, 0.25) is 0 Å². The van der Waals surface area contributed by atoms with Gasteiger partial charge < -0.3 is 9.67 Å². The third kappa shape index (κ3) is 4.28. The molecule has 0 unspecified atom stereocenters. The summed E-state index contributed by atoms with van der Waals surface area (Å²) >= 11 is 6.07. The number of nitrogens with zero attached hydrogens (tertiary/aromatic N) is 4. The molecule has 0 atom stereocenters. The number of aromatic nitrogens is 4. The number of aliphatic hydroxyl groups is 1. The lowest BCUT2D eigenvalue weighted by Gasteiger charge is -2.34. The van der Waals surface area contributed by atoms with Gasteiger partial charge in [0.1, 0.15) is 5.82 Å². The monoisotopic (exact) mass is 458 g/mol. The molecule has 0 aliphatic heterocycles. The number of fused-ring (bicyclic) bond motifs is 1. The van der Waals surface area contributed by atoms with Crippen molar-refractivity contribution in [3.63, 3.8) is 0 Å². The molecule has 7 nitrogen and oxygen atoms in total. The third-order valence-corrected chi connectivity index (χ3v) is 7.01. The zero-order valence-electron chi connectivity index (χ0n) is 19.0. The molecule has 2 aromatic heterocycles. The lowest BCUT2D eigenvalue weighted by Crippen LogP contribution is -2.40. The first-order valence-electron chi connectivity index (χ1n) is 11.3. The molecule has 172 valence electrons. The van der Waals surface area contributed by atoms with Crippen LogP contribution in [0.3, 0.4) is 0 Å². The number of rotatable bonds is 6. The minimum absolute atomic E-state index is 0.0826. The van der Waals surface area contributed by atoms with E-state index in [0.29, 0.717) is 34.6 Å². The normalized spacial score (nSPS) is 16.7. The Bertz CT molecular complexity index is 1230. The Kier molecular flexibility index (Phi) is 6.32. The molecule has 4 rings (SSSR count). The lowest BCUT2D eigenvalue weighted by molar-refractivity contribution is 0.219. The Morgan fingerprint density at radius 3 is 2.41 bits per heavy atom. The second kappa shape index (κ2) is 8.87. The van der Waals surface area contributed by atoms with Crippen molar-refractivity contribution in [2.45, 2.75) is 65.0 Å². The molecule has 1 aliphatic carbocycles. The zero-order chi connectivity index (χ0) is 23.0. The molecule has 0 amide bonds. The first-order valence-corrected chi connectivity index (χ1v) is 11.6. The molecule has 8 heteroatoms. The smallest absolute Gasteiger partial charge is 0.332 e. The molecular formula is C24H31ClN4O3. The predicted octanol–water partition coefficient (Wildman–Crippen LogP) is 3.66. The summed E-state index contributed by atoms with van der Waals surface area (Å²) in [6.45, 7) is 5.17. The summed E-state index contributed by atoms with van der Waals surface area (Å²) in [4.78, 5) is 31.2. The molecule has 1 N–H and O–H groups in total. The highest BCUT2D eigenvalue weighted by atomic mass is 35.5. The Balaban J connectivity index is 1.90. The molecule has 1 saturated carbocycles. The number of imidazole rings is 1. The van der Waals surface area contributed by atoms with Crippen LogP contribution in [-0.2, 0) is 20.1 Å². The van der Waals surface area contributed by atoms with Crippen molar-refractivity contribution >= 4 is 22.8 Å². The SMILES string of the molecule is Cn1c(=O)n(CCCO)c(=O)c2c1nc(C1CCC(C)(C)CC1)n2Cc1ccc(Cl)cc1. The summed E-state index contributed by atoms with van der Waals surface area (Å²) in [5, 5.41) is 9.89. The van der Waals surface area contributed by atoms with Gasteiger partial charge in [0.25, 0.3) is 5.56 Å². The number of hydrogen-bond donors (Lipinski definition) is 1. The van der Waals surface area contributed by atoms with Crippen LogP contribution >= 0.6 is 11.6 Å². The second-order valence-electron chi connectivity index (χ2n) is 9.67. The Morgan fingerprint density at radius 1 is 1.12 bits per heavy atom. The highest BCUT2D eigenvalue weighted by molar-refractivity contribution is 6.30. The van der Waals surface area contributed by atoms with E-state index >= 15 is 0 Å². The average Bonchev–Trinajstić information content (AvgIpc) is 3.13. The van der Waals surface area contributed by atoms with Gasteiger partial charge in [-0.15, -0.1) is 0 Å². The van der Waals surface area contributed by atoms with Gasteiger partial charge in [-0.3, -0.25) is 13.9 Å². The van der Waals surface area contributed by atoms with Gasteiger partial charge in [-0.1, -0.05) is 37.6 Å². The van der Waals surface area contributed by atoms with Crippen molar-refractivity contribution in [2.75, 3.05) is 6.61 Å². The third-order valence-electron chi connectivity index (χ3n) is 6.76. The topological polar surface area (TPSA) is 82.0 Å². The van der Waals surface area contributed by atoms with Crippen molar-refractivity contribution in [1.29, 1.82) is 0 Å². The highest BCUT2D eigenvalue weighted by Crippen LogP contribution is 2.42. The molecule has 0 bridgehead atoms. The number of hydrogen-bond acceptors (Lipinski definition) is 4. The van der Waals surface area contributed by atoms with E-state index in [1.807, 2.05) is 28.8 Å². The van der Waals surface area contributed by atoms with Crippen LogP contribution in [0.25, 0.3) is 11.2 Å². The first kappa shape index (κ1) is 22.8. The van der Waals surface area contributed by atoms with Crippen LogP contribution in [-0.4, -0.2) is 30.4 Å². The molecule has 0 saturated heterocycles. The van der Waals surface area contributed by atoms with E-state index in [4.69, 9.17) is 16.6 Å². The summed E-state index contributed by atoms with van der Waals surface area (Å²) < 4.78 is 4.67. The largest absolute Gasteiger partial charge is 0.396 e. The van der Waals surface area contributed by atoms with Gasteiger partial charge >= 0.3 is 5.69 Å². The second-order valence-corrected chi connectivity index (χ2v) is 10.1. The van der Waals surface area contributed by atoms with Crippen molar-refractivity contribution in [3.05, 3.63) is 61.5 Å². The number of aliphatic hydroxyl groups excluding tert-OH is 1. The molecular weight excluding hydrogens is 428 g/mol. The molecule has 3 aromatic rings. The first-order chi connectivity index (χ1) is 15.2. The summed E-state index contributed by atoms with van der Waals surface area (Å²) in [6, 6.07) is 7.59. The van der Waals surface area contributed by atoms with Crippen LogP contribution in [0.2, 0.25) is 5.02 Å². The zero-order valence-corrected chi connectivity index (χ0v) is 19.7. The fraction of sp³-hybridized carbons (Fsp3) is 0.542. The van der Waals surface area contributed by atoms with Gasteiger partial charge in [-0.2, -0.15) is 0 Å². The van der Waals surface area contributed by atoms with Gasteiger partial charge in [-0.25, -0.2) is 9.78 Å². The van der Waals surface area contributed by atoms with E-state index < -0.39 is 5.69 Å². The van der Waals surface area contributed by atoms with E-state index in [2.05, 4.69) is 13.8 Å². The number of benzene rings is 1. The molecule has 1 fully saturated rings. The number of aryl methyl sites for hydroxylation is 1. The molecule has 32 heavy (non-hydrogen) atoms. The maximum Gasteiger partial charge on any atom is 0.332 e. The van der Waals surface area contributed by atoms with Crippen LogP contribution in [0.5, 0.6) is 0 Å². The van der Waals surface area contributed by atoms with Gasteiger partial charge in [-0.05, 0) is 55.2 Å². The minimum Gasteiger partial charge on any atom is -0.396 e. The van der Waals surface area contributed by atoms with Gasteiger partial charge in [0, 0.05) is 37.7 Å². The van der Waals surface area contributed by atoms with Crippen molar-refractivity contribution < 1.29 is 5.11 Å². The van der Waals surface area contributed by atoms with Crippen molar-refractivity contribution in [2.24, 2.45) is 12.5 Å². The van der Waals surface area contributed by atoms with Crippen LogP contribution < -0.4 is 11.2 Å². The van der Waals surface area contributed by atoms with Crippen LogP contribution in [0, 0.1) is 5.41 Å². The van der Waals surface area contributed by atoms with E-state index in [1.165, 1.54) is 9.13 Å². The fourth-order valence-corrected chi connectivity index (χ4v) is 4.84. The van der Waals surface area contributed by atoms with Crippen molar-refractivity contribution in [1.82, 2.24) is 18.7 Å². The minimum atomic E-state index is -0.400. The molecule has 0 radical (unpaired) electrons. The quantitative estimate of drug-likeness (QED) is 0.611. The molecule has 1 aromatic carbocycles. The number of halogens is 1. The van der Waals surface area contributed by atoms with Crippen LogP contribution in [0.4, 0.5) is 0 Å². The van der Waals surface area contributed by atoms with Crippen LogP contribution in [0.1, 0.15) is 63.3 Å². The van der Waals surface area contributed by atoms with E-state index in [0.717, 1.165) is 37.1 Å². The summed E-state index contributed by atoms with van der Waals surface area (Å²) in [7, 11) is 1.66. The van der Waals surface area contributed by atoms with Crippen molar-refractivity contribution in [3.8, 4) is 0 Å². The lowest BCUT2D eigenvalue weighted by atomic mass is 9.73. The van der Waals surface area contributed by atoms with E-state index in [9.17, 15) is 14.7 Å². The van der Waals surface area contributed by atoms with Crippen LogP contribution in [0.15, 0.2) is 33.9 Å². The molecule has 0 spiro atoms. The summed E-state index contributed by atoms with van der Waals surface area (Å²) in [6.07, 6.45) is 4.55. The van der Waals surface area contributed by atoms with Gasteiger partial charge in [0.15, 0.2) is 11.2 Å². The summed E-state index contributed by atoms with van der Waals surface area (Å²) in [5.74, 6) is 1.11. The molecule has 2 heterocycles. The summed E-state index contributed by atoms with van der Waals surface area (Å²) in [5.41, 5.74) is 1.45. The van der Waals surface area contributed by atoms with E-state index in [-0.39, 0.29) is 24.6 Å². The highest BCUT2D eigenvalue weighted by Gasteiger charge is 2.32. The maximum atomic E-state index is 13.5. The Morgan fingerprint density at radius 2 is 1.78 bits per heavy atom. The molecule has 1 aliphatic rings. The predicted molar refractivity (Wildman–Crippen MR) is 126 cm³/mol. The maximum absolute atomic E-state index is 13.5. The Hall–Kier alpha value is -2.38. The standard InChI is InChI=1S/C24H31ClN4O3/c1-24(2)11-9-17(10-12-24)20-26-21-19(29(20)15-16-5-7-18(25)8-6-16)22(31)28(13-4-14-30)23(32)27(21)3/h5-8,17,30H,4,9-15H2,1-3H3. The fourth-order valence-electron chi connectivity index (χ4n) is 4.72. The van der Waals surface area contributed by atoms with E-state index in [1.54, 1.807) is 7.05 Å². The average molecular weight is 459 g/mol. The Labute approximate surface area is 192 Å². The van der Waals surface area contributed by atoms with Gasteiger partial charge in [0.05, 0.1) is 0 Å².